The van der Waals surface area contributed by atoms with Crippen LogP contribution in [0.5, 0.6) is 5.75 Å². The minimum atomic E-state index is -3.81. The van der Waals surface area contributed by atoms with Gasteiger partial charge < -0.3 is 4.74 Å². The second-order valence-corrected chi connectivity index (χ2v) is 7.10. The van der Waals surface area contributed by atoms with E-state index in [1.165, 1.54) is 43.2 Å². The molecular formula is C17H15N3O5S. The van der Waals surface area contributed by atoms with Gasteiger partial charge in [0.25, 0.3) is 15.9 Å². The van der Waals surface area contributed by atoms with Crippen LogP contribution in [-0.2, 0) is 14.8 Å². The number of hydrogen-bond donors (Lipinski definition) is 2. The van der Waals surface area contributed by atoms with E-state index in [2.05, 4.69) is 4.98 Å². The monoisotopic (exact) mass is 373 g/mol. The number of carbonyl (C=O) groups excluding carboxylic acids is 1. The topological polar surface area (TPSA) is 111 Å². The van der Waals surface area contributed by atoms with Gasteiger partial charge in [-0.1, -0.05) is 0 Å². The largest absolute Gasteiger partial charge is 0.497 e. The van der Waals surface area contributed by atoms with Gasteiger partial charge in [-0.05, 0) is 48.0 Å². The summed E-state index contributed by atoms with van der Waals surface area (Å²) in [6.07, 6.45) is 5.44. The molecule has 9 heteroatoms. The maximum Gasteiger partial charge on any atom is 0.269 e. The van der Waals surface area contributed by atoms with Crippen LogP contribution < -0.4 is 10.2 Å². The summed E-state index contributed by atoms with van der Waals surface area (Å²) in [7, 11) is -2.30. The number of hydroxylamine groups is 1. The number of rotatable bonds is 5. The number of nitrogens with one attached hydrogen (secondary N) is 1. The van der Waals surface area contributed by atoms with E-state index in [9.17, 15) is 13.2 Å². The van der Waals surface area contributed by atoms with Crippen LogP contribution in [0, 0.1) is 0 Å². The molecule has 26 heavy (non-hydrogen) atoms. The molecule has 0 saturated heterocycles. The fraction of sp³-hybridized carbons (Fsp3) is 0.0588. The first-order valence-corrected chi connectivity index (χ1v) is 8.88. The van der Waals surface area contributed by atoms with Gasteiger partial charge in [0.2, 0.25) is 0 Å². The van der Waals surface area contributed by atoms with Crippen LogP contribution in [0.1, 0.15) is 5.56 Å². The molecule has 3 aromatic rings. The lowest BCUT2D eigenvalue weighted by atomic mass is 10.2. The van der Waals surface area contributed by atoms with Gasteiger partial charge in [0, 0.05) is 23.9 Å². The van der Waals surface area contributed by atoms with Gasteiger partial charge >= 0.3 is 0 Å². The SMILES string of the molecule is COc1ccc(S(=O)(=O)n2ccc3cc(/C=C/C(=O)NO)cnc32)cc1. The first kappa shape index (κ1) is 17.6. The van der Waals surface area contributed by atoms with Crippen LogP contribution in [0.2, 0.25) is 0 Å². The molecule has 134 valence electrons. The van der Waals surface area contributed by atoms with Crippen LogP contribution in [0.25, 0.3) is 17.1 Å². The quantitative estimate of drug-likeness (QED) is 0.401. The molecule has 2 heterocycles. The van der Waals surface area contributed by atoms with Crippen molar-refractivity contribution in [3.8, 4) is 5.75 Å². The van der Waals surface area contributed by atoms with Crippen molar-refractivity contribution in [2.24, 2.45) is 0 Å². The Morgan fingerprint density at radius 1 is 1.27 bits per heavy atom. The zero-order valence-electron chi connectivity index (χ0n) is 13.7. The summed E-state index contributed by atoms with van der Waals surface area (Å²) in [6, 6.07) is 9.37. The molecule has 1 amide bonds. The van der Waals surface area contributed by atoms with Gasteiger partial charge in [-0.3, -0.25) is 10.0 Å². The maximum absolute atomic E-state index is 12.8. The third kappa shape index (κ3) is 3.30. The fourth-order valence-electron chi connectivity index (χ4n) is 2.37. The Morgan fingerprint density at radius 2 is 2.00 bits per heavy atom. The Bertz CT molecular complexity index is 1090. The van der Waals surface area contributed by atoms with Crippen molar-refractivity contribution < 1.29 is 23.2 Å². The second-order valence-electron chi connectivity index (χ2n) is 5.28. The number of amides is 1. The lowest BCUT2D eigenvalue weighted by molar-refractivity contribution is -0.124. The number of aromatic nitrogens is 2. The standard InChI is InChI=1S/C17H15N3O5S/c1-25-14-3-5-15(6-4-14)26(23,24)20-9-8-13-10-12(11-18-17(13)20)2-7-16(21)19-22/h2-11,22H,1H3,(H,19,21)/b7-2+. The van der Waals surface area contributed by atoms with Gasteiger partial charge in [-0.2, -0.15) is 0 Å². The predicted molar refractivity (Wildman–Crippen MR) is 94.3 cm³/mol. The molecule has 0 saturated carbocycles. The molecule has 1 aromatic carbocycles. The van der Waals surface area contributed by atoms with Crippen LogP contribution in [0.3, 0.4) is 0 Å². The summed E-state index contributed by atoms with van der Waals surface area (Å²) in [5, 5.41) is 9.07. The highest BCUT2D eigenvalue weighted by Crippen LogP contribution is 2.23. The van der Waals surface area contributed by atoms with E-state index in [1.54, 1.807) is 24.3 Å². The Hall–Kier alpha value is -3.17. The van der Waals surface area contributed by atoms with Crippen molar-refractivity contribution in [3.63, 3.8) is 0 Å². The third-order valence-electron chi connectivity index (χ3n) is 3.67. The summed E-state index contributed by atoms with van der Waals surface area (Å²) in [5.41, 5.74) is 2.34. The predicted octanol–water partition coefficient (Wildman–Crippen LogP) is 1.80. The summed E-state index contributed by atoms with van der Waals surface area (Å²) >= 11 is 0. The van der Waals surface area contributed by atoms with Crippen LogP contribution in [0.4, 0.5) is 0 Å². The third-order valence-corrected chi connectivity index (χ3v) is 5.35. The van der Waals surface area contributed by atoms with Crippen LogP contribution in [-0.4, -0.2) is 35.6 Å². The van der Waals surface area contributed by atoms with Crippen molar-refractivity contribution in [2.45, 2.75) is 4.90 Å². The highest BCUT2D eigenvalue weighted by atomic mass is 32.2. The summed E-state index contributed by atoms with van der Waals surface area (Å²) < 4.78 is 31.8. The van der Waals surface area contributed by atoms with Crippen LogP contribution in [0.15, 0.2) is 59.8 Å². The molecular weight excluding hydrogens is 358 g/mol. The molecule has 0 spiro atoms. The normalized spacial score (nSPS) is 11.8. The average Bonchev–Trinajstić information content (AvgIpc) is 3.10. The van der Waals surface area contributed by atoms with E-state index in [1.807, 2.05) is 0 Å². The van der Waals surface area contributed by atoms with Crippen molar-refractivity contribution in [2.75, 3.05) is 7.11 Å². The van der Waals surface area contributed by atoms with Crippen LogP contribution >= 0.6 is 0 Å². The molecule has 0 fully saturated rings. The summed E-state index contributed by atoms with van der Waals surface area (Å²) in [5.74, 6) is -0.118. The minimum absolute atomic E-state index is 0.112. The molecule has 0 aliphatic heterocycles. The molecule has 2 aromatic heterocycles. The number of benzene rings is 1. The lowest BCUT2D eigenvalue weighted by Crippen LogP contribution is -2.14. The van der Waals surface area contributed by atoms with E-state index in [0.717, 1.165) is 10.0 Å². The van der Waals surface area contributed by atoms with E-state index in [0.29, 0.717) is 16.7 Å². The molecule has 2 N–H and O–H groups in total. The molecule has 8 nitrogen and oxygen atoms in total. The highest BCUT2D eigenvalue weighted by Gasteiger charge is 2.19. The smallest absolute Gasteiger partial charge is 0.269 e. The number of carbonyl (C=O) groups is 1. The molecule has 3 rings (SSSR count). The van der Waals surface area contributed by atoms with E-state index >= 15 is 0 Å². The zero-order valence-corrected chi connectivity index (χ0v) is 14.5. The average molecular weight is 373 g/mol. The summed E-state index contributed by atoms with van der Waals surface area (Å²) in [4.78, 5) is 15.3. The van der Waals surface area contributed by atoms with Gasteiger partial charge in [-0.15, -0.1) is 0 Å². The number of hydrogen-bond acceptors (Lipinski definition) is 6. The first-order valence-electron chi connectivity index (χ1n) is 7.44. The number of methoxy groups -OCH3 is 1. The number of ether oxygens (including phenoxy) is 1. The number of nitrogens with zero attached hydrogens (tertiary/aromatic N) is 2. The number of pyridine rings is 1. The maximum atomic E-state index is 12.8. The zero-order chi connectivity index (χ0) is 18.7. The fourth-order valence-corrected chi connectivity index (χ4v) is 3.68. The van der Waals surface area contributed by atoms with Crippen molar-refractivity contribution in [1.82, 2.24) is 14.4 Å². The Morgan fingerprint density at radius 3 is 2.65 bits per heavy atom. The lowest BCUT2D eigenvalue weighted by Gasteiger charge is -2.08. The Labute approximate surface area is 149 Å². The van der Waals surface area contributed by atoms with E-state index < -0.39 is 15.9 Å². The Kier molecular flexibility index (Phi) is 4.74. The minimum Gasteiger partial charge on any atom is -0.497 e. The first-order chi connectivity index (χ1) is 12.5. The van der Waals surface area contributed by atoms with Gasteiger partial charge in [0.05, 0.1) is 12.0 Å². The van der Waals surface area contributed by atoms with Gasteiger partial charge in [-0.25, -0.2) is 22.9 Å². The number of fused-ring (bicyclic) bond motifs is 1. The summed E-state index contributed by atoms with van der Waals surface area (Å²) in [6.45, 7) is 0. The molecule has 0 bridgehead atoms. The van der Waals surface area contributed by atoms with E-state index in [4.69, 9.17) is 9.94 Å². The highest BCUT2D eigenvalue weighted by molar-refractivity contribution is 7.90. The molecule has 0 radical (unpaired) electrons. The van der Waals surface area contributed by atoms with Gasteiger partial charge in [0.15, 0.2) is 5.65 Å². The van der Waals surface area contributed by atoms with E-state index in [-0.39, 0.29) is 10.5 Å². The second kappa shape index (κ2) is 6.98. The molecule has 0 unspecified atom stereocenters. The van der Waals surface area contributed by atoms with Crippen molar-refractivity contribution in [1.29, 1.82) is 0 Å². The molecule has 0 aliphatic carbocycles. The molecule has 0 atom stereocenters. The molecule has 0 aliphatic rings. The van der Waals surface area contributed by atoms with Crippen molar-refractivity contribution in [3.05, 3.63) is 60.4 Å². The van der Waals surface area contributed by atoms with Gasteiger partial charge in [0.1, 0.15) is 5.75 Å². The Balaban J connectivity index is 2.00. The van der Waals surface area contributed by atoms with Crippen molar-refractivity contribution >= 4 is 33.0 Å².